The molecule has 0 fully saturated rings. The van der Waals surface area contributed by atoms with Crippen LogP contribution in [0.1, 0.15) is 33.4 Å². The lowest BCUT2D eigenvalue weighted by atomic mass is 9.91. The predicted molar refractivity (Wildman–Crippen MR) is 281 cm³/mol. The van der Waals surface area contributed by atoms with Crippen molar-refractivity contribution in [2.75, 3.05) is 0 Å². The van der Waals surface area contributed by atoms with Crippen LogP contribution in [-0.2, 0) is 12.4 Å². The summed E-state index contributed by atoms with van der Waals surface area (Å²) in [6, 6.07) is 60.1. The molecule has 11 rings (SSSR count). The van der Waals surface area contributed by atoms with E-state index in [-0.39, 0.29) is 28.1 Å². The van der Waals surface area contributed by atoms with Crippen molar-refractivity contribution >= 4 is 21.8 Å². The number of hydrogen-bond acceptors (Lipinski definition) is 7. The van der Waals surface area contributed by atoms with E-state index in [1.54, 1.807) is 48.5 Å². The summed E-state index contributed by atoms with van der Waals surface area (Å²) in [5.41, 5.74) is 6.00. The van der Waals surface area contributed by atoms with Crippen molar-refractivity contribution < 1.29 is 26.3 Å². The Kier molecular flexibility index (Phi) is 12.2. The summed E-state index contributed by atoms with van der Waals surface area (Å²) in [6.45, 7) is 0. The van der Waals surface area contributed by atoms with Crippen molar-refractivity contribution in [1.29, 1.82) is 21.0 Å². The molecule has 0 spiro atoms. The van der Waals surface area contributed by atoms with Crippen LogP contribution in [0.2, 0.25) is 0 Å². The zero-order valence-electron chi connectivity index (χ0n) is 39.8. The van der Waals surface area contributed by atoms with Crippen molar-refractivity contribution in [3.05, 3.63) is 228 Å². The lowest BCUT2D eigenvalue weighted by molar-refractivity contribution is -0.138. The molecule has 2 heterocycles. The highest BCUT2D eigenvalue weighted by molar-refractivity contribution is 6.13. The van der Waals surface area contributed by atoms with Gasteiger partial charge in [0.2, 0.25) is 0 Å². The van der Waals surface area contributed by atoms with E-state index in [4.69, 9.17) is 15.0 Å². The lowest BCUT2D eigenvalue weighted by Crippen LogP contribution is -2.06. The Hall–Kier alpha value is -10.7. The fourth-order valence-corrected chi connectivity index (χ4v) is 9.53. The minimum absolute atomic E-state index is 0.162. The van der Waals surface area contributed by atoms with Crippen LogP contribution >= 0.6 is 0 Å². The molecule has 14 heteroatoms. The number of rotatable bonds is 8. The van der Waals surface area contributed by atoms with E-state index < -0.39 is 23.5 Å². The van der Waals surface area contributed by atoms with Crippen molar-refractivity contribution in [2.24, 2.45) is 0 Å². The van der Waals surface area contributed by atoms with Gasteiger partial charge >= 0.3 is 12.4 Å². The van der Waals surface area contributed by atoms with Gasteiger partial charge in [0, 0.05) is 38.6 Å². The third-order valence-electron chi connectivity index (χ3n) is 13.2. The van der Waals surface area contributed by atoms with Crippen LogP contribution in [0.15, 0.2) is 194 Å². The number of nitrogens with zero attached hydrogens (tertiary/aromatic N) is 8. The number of alkyl halides is 6. The smallest absolute Gasteiger partial charge is 0.308 e. The van der Waals surface area contributed by atoms with E-state index in [1.807, 2.05) is 89.5 Å². The predicted octanol–water partition coefficient (Wildman–Crippen LogP) is 16.2. The fraction of sp³-hybridized carbons (Fsp3) is 0.0317. The monoisotopic (exact) mass is 1010 g/mol. The van der Waals surface area contributed by atoms with Gasteiger partial charge in [0.25, 0.3) is 0 Å². The highest BCUT2D eigenvalue weighted by Crippen LogP contribution is 2.46. The third kappa shape index (κ3) is 9.36. The maximum Gasteiger partial charge on any atom is 0.416 e. The summed E-state index contributed by atoms with van der Waals surface area (Å²) in [6.07, 6.45) is -9.38. The van der Waals surface area contributed by atoms with Crippen LogP contribution in [-0.4, -0.2) is 19.5 Å². The standard InChI is InChI=1S/C63H32F6N8/c64-62(65,66)50-17-11-41(12-18-50)52-31-49(61-75-59(43-7-3-1-4-8-43)74-60(76-61)44-9-5-2-6-10-44)32-53(42-13-19-51(20-14-42)63(67,68)69)58(52)77-56-21-15-45(47-25-37(33-70)23-38(26-47)34-71)29-54(56)55-30-46(16-22-57(55)77)48-27-39(35-72)24-40(28-48)36-73/h1-32H. The molecular weight excluding hydrogens is 983 g/mol. The van der Waals surface area contributed by atoms with Gasteiger partial charge in [-0.3, -0.25) is 0 Å². The highest BCUT2D eigenvalue weighted by Gasteiger charge is 2.32. The molecule has 0 bridgehead atoms. The minimum atomic E-state index is -4.69. The van der Waals surface area contributed by atoms with Gasteiger partial charge in [-0.05, 0) is 130 Å². The van der Waals surface area contributed by atoms with Gasteiger partial charge in [-0.1, -0.05) is 97.1 Å². The van der Waals surface area contributed by atoms with Crippen molar-refractivity contribution in [1.82, 2.24) is 19.5 Å². The molecule has 366 valence electrons. The molecule has 0 N–H and O–H groups in total. The Morgan fingerprint density at radius 2 is 0.662 bits per heavy atom. The first kappa shape index (κ1) is 48.6. The van der Waals surface area contributed by atoms with Crippen LogP contribution in [0.5, 0.6) is 0 Å². The molecule has 0 radical (unpaired) electrons. The maximum atomic E-state index is 14.3. The van der Waals surface area contributed by atoms with Crippen LogP contribution in [0.4, 0.5) is 26.3 Å². The van der Waals surface area contributed by atoms with Gasteiger partial charge in [0.1, 0.15) is 0 Å². The summed E-state index contributed by atoms with van der Waals surface area (Å²) in [4.78, 5) is 14.8. The van der Waals surface area contributed by atoms with Crippen LogP contribution in [0.25, 0.3) is 106 Å². The average molecular weight is 1010 g/mol. The minimum Gasteiger partial charge on any atom is -0.308 e. The number of aromatic nitrogens is 4. The Balaban J connectivity index is 1.28. The zero-order valence-corrected chi connectivity index (χ0v) is 39.8. The van der Waals surface area contributed by atoms with E-state index in [0.29, 0.717) is 100 Å². The summed E-state index contributed by atoms with van der Waals surface area (Å²) in [7, 11) is 0. The molecule has 0 aliphatic rings. The van der Waals surface area contributed by atoms with Gasteiger partial charge in [-0.15, -0.1) is 0 Å². The second-order valence-electron chi connectivity index (χ2n) is 18.0. The Morgan fingerprint density at radius 3 is 1.00 bits per heavy atom. The molecule has 9 aromatic carbocycles. The molecule has 77 heavy (non-hydrogen) atoms. The topological polar surface area (TPSA) is 139 Å². The molecule has 0 saturated carbocycles. The van der Waals surface area contributed by atoms with Gasteiger partial charge in [-0.2, -0.15) is 47.4 Å². The van der Waals surface area contributed by atoms with E-state index >= 15 is 0 Å². The van der Waals surface area contributed by atoms with E-state index in [2.05, 4.69) is 24.3 Å². The SMILES string of the molecule is N#Cc1cc(C#N)cc(-c2ccc3c(c2)c2cc(-c4cc(C#N)cc(C#N)c4)ccc2n3-c2c(-c3ccc(C(F)(F)F)cc3)cc(-c3nc(-c4ccccc4)nc(-c4ccccc4)n3)cc2-c2ccc(C(F)(F)F)cc2)c1. The second kappa shape index (κ2) is 19.3. The number of fused-ring (bicyclic) bond motifs is 3. The second-order valence-corrected chi connectivity index (χ2v) is 18.0. The normalized spacial score (nSPS) is 11.5. The van der Waals surface area contributed by atoms with E-state index in [1.165, 1.54) is 36.4 Å². The highest BCUT2D eigenvalue weighted by atomic mass is 19.4. The molecule has 0 amide bonds. The van der Waals surface area contributed by atoms with Crippen LogP contribution < -0.4 is 0 Å². The fourth-order valence-electron chi connectivity index (χ4n) is 9.53. The van der Waals surface area contributed by atoms with Gasteiger partial charge in [0.15, 0.2) is 17.5 Å². The summed E-state index contributed by atoms with van der Waals surface area (Å²) >= 11 is 0. The average Bonchev–Trinajstić information content (AvgIpc) is 3.80. The first-order valence-electron chi connectivity index (χ1n) is 23.6. The number of halogens is 6. The Bertz CT molecular complexity index is 4000. The maximum absolute atomic E-state index is 14.3. The van der Waals surface area contributed by atoms with Crippen molar-refractivity contribution in [2.45, 2.75) is 12.4 Å². The molecule has 0 unspecified atom stereocenters. The van der Waals surface area contributed by atoms with E-state index in [0.717, 1.165) is 24.3 Å². The molecular formula is C63H32F6N8. The zero-order chi connectivity index (χ0) is 53.6. The molecule has 11 aromatic rings. The molecule has 2 aromatic heterocycles. The lowest BCUT2D eigenvalue weighted by Gasteiger charge is -2.22. The summed E-state index contributed by atoms with van der Waals surface area (Å²) in [5, 5.41) is 41.0. The molecule has 0 atom stereocenters. The van der Waals surface area contributed by atoms with Crippen molar-refractivity contribution in [3.63, 3.8) is 0 Å². The van der Waals surface area contributed by atoms with Crippen LogP contribution in [0, 0.1) is 45.3 Å². The first-order valence-corrected chi connectivity index (χ1v) is 23.6. The van der Waals surface area contributed by atoms with Crippen LogP contribution in [0.3, 0.4) is 0 Å². The number of nitriles is 4. The molecule has 8 nitrogen and oxygen atoms in total. The largest absolute Gasteiger partial charge is 0.416 e. The Labute approximate surface area is 435 Å². The number of benzene rings is 9. The third-order valence-corrected chi connectivity index (χ3v) is 13.2. The summed E-state index contributed by atoms with van der Waals surface area (Å²) < 4.78 is 87.9. The molecule has 0 aliphatic heterocycles. The van der Waals surface area contributed by atoms with Gasteiger partial charge in [-0.25, -0.2) is 15.0 Å². The van der Waals surface area contributed by atoms with Gasteiger partial charge < -0.3 is 4.57 Å². The summed E-state index contributed by atoms with van der Waals surface area (Å²) in [5.74, 6) is 0.781. The number of hydrogen-bond donors (Lipinski definition) is 0. The van der Waals surface area contributed by atoms with E-state index in [9.17, 15) is 47.4 Å². The molecule has 0 aliphatic carbocycles. The van der Waals surface area contributed by atoms with Gasteiger partial charge in [0.05, 0.1) is 74.4 Å². The Morgan fingerprint density at radius 1 is 0.325 bits per heavy atom. The first-order chi connectivity index (χ1) is 37.2. The molecule has 0 saturated heterocycles. The van der Waals surface area contributed by atoms with Crippen molar-refractivity contribution in [3.8, 4) is 109 Å². The quantitative estimate of drug-likeness (QED) is 0.138.